The summed E-state index contributed by atoms with van der Waals surface area (Å²) in [5.74, 6) is 1.68. The van der Waals surface area contributed by atoms with Gasteiger partial charge in [-0.1, -0.05) is 30.3 Å². The Morgan fingerprint density at radius 3 is 2.69 bits per heavy atom. The summed E-state index contributed by atoms with van der Waals surface area (Å²) in [5.41, 5.74) is 2.35. The zero-order valence-corrected chi connectivity index (χ0v) is 15.2. The Bertz CT molecular complexity index is 827. The third kappa shape index (κ3) is 4.69. The van der Waals surface area contributed by atoms with Gasteiger partial charge in [0.2, 0.25) is 0 Å². The van der Waals surface area contributed by atoms with Crippen molar-refractivity contribution in [2.75, 3.05) is 13.6 Å². The van der Waals surface area contributed by atoms with Crippen molar-refractivity contribution in [1.29, 1.82) is 0 Å². The van der Waals surface area contributed by atoms with E-state index in [0.717, 1.165) is 30.4 Å². The van der Waals surface area contributed by atoms with Crippen LogP contribution in [0.4, 0.5) is 0 Å². The second-order valence-corrected chi connectivity index (χ2v) is 5.98. The fourth-order valence-electron chi connectivity index (χ4n) is 2.66. The fourth-order valence-corrected chi connectivity index (χ4v) is 2.66. The molecule has 0 saturated heterocycles. The molecule has 0 saturated carbocycles. The molecule has 3 rings (SSSR count). The van der Waals surface area contributed by atoms with Gasteiger partial charge in [-0.15, -0.1) is 0 Å². The lowest BCUT2D eigenvalue weighted by Crippen LogP contribution is -2.38. The number of pyridine rings is 1. The smallest absolute Gasteiger partial charge is 0.194 e. The molecule has 134 valence electrons. The zero-order chi connectivity index (χ0) is 18.2. The van der Waals surface area contributed by atoms with Gasteiger partial charge in [0.25, 0.3) is 0 Å². The van der Waals surface area contributed by atoms with Crippen molar-refractivity contribution in [3.05, 3.63) is 78.2 Å². The van der Waals surface area contributed by atoms with Gasteiger partial charge < -0.3 is 10.2 Å². The number of guanidine groups is 1. The highest BCUT2D eigenvalue weighted by atomic mass is 15.3. The van der Waals surface area contributed by atoms with Gasteiger partial charge in [0.15, 0.2) is 11.8 Å². The summed E-state index contributed by atoms with van der Waals surface area (Å²) < 4.78 is 1.75. The summed E-state index contributed by atoms with van der Waals surface area (Å²) in [6.45, 7) is 4.29. The van der Waals surface area contributed by atoms with E-state index in [1.54, 1.807) is 17.1 Å². The van der Waals surface area contributed by atoms with Crippen molar-refractivity contribution in [1.82, 2.24) is 25.0 Å². The Balaban J connectivity index is 1.72. The van der Waals surface area contributed by atoms with Crippen molar-refractivity contribution in [2.45, 2.75) is 20.0 Å². The lowest BCUT2D eigenvalue weighted by atomic mass is 10.2. The molecule has 3 aromatic rings. The standard InChI is InChI=1S/C20H24N6/c1-3-21-20(25(2)16-17-8-5-4-6-9-17)23-15-18-10-12-22-19(14-18)26-13-7-11-24-26/h4-14H,3,15-16H2,1-2H3,(H,21,23). The molecule has 0 radical (unpaired) electrons. The molecule has 0 spiro atoms. The van der Waals surface area contributed by atoms with Crippen LogP contribution in [0.2, 0.25) is 0 Å². The van der Waals surface area contributed by atoms with E-state index in [0.29, 0.717) is 6.54 Å². The highest BCUT2D eigenvalue weighted by Gasteiger charge is 2.07. The van der Waals surface area contributed by atoms with E-state index in [-0.39, 0.29) is 0 Å². The maximum absolute atomic E-state index is 4.78. The molecule has 1 N–H and O–H groups in total. The van der Waals surface area contributed by atoms with E-state index in [1.165, 1.54) is 5.56 Å². The van der Waals surface area contributed by atoms with Crippen molar-refractivity contribution in [3.63, 3.8) is 0 Å². The summed E-state index contributed by atoms with van der Waals surface area (Å²) in [5, 5.41) is 7.58. The molecule has 0 fully saturated rings. The van der Waals surface area contributed by atoms with Crippen LogP contribution in [-0.2, 0) is 13.1 Å². The summed E-state index contributed by atoms with van der Waals surface area (Å²) in [4.78, 5) is 11.3. The average molecular weight is 348 g/mol. The first-order valence-corrected chi connectivity index (χ1v) is 8.74. The molecule has 26 heavy (non-hydrogen) atoms. The van der Waals surface area contributed by atoms with Crippen LogP contribution in [0, 0.1) is 0 Å². The van der Waals surface area contributed by atoms with Crippen molar-refractivity contribution in [2.24, 2.45) is 4.99 Å². The third-order valence-electron chi connectivity index (χ3n) is 3.92. The number of rotatable bonds is 6. The third-order valence-corrected chi connectivity index (χ3v) is 3.92. The van der Waals surface area contributed by atoms with Crippen molar-refractivity contribution >= 4 is 5.96 Å². The molecule has 0 unspecified atom stereocenters. The van der Waals surface area contributed by atoms with Crippen molar-refractivity contribution < 1.29 is 0 Å². The van der Waals surface area contributed by atoms with Crippen LogP contribution >= 0.6 is 0 Å². The van der Waals surface area contributed by atoms with Gasteiger partial charge in [-0.05, 0) is 36.2 Å². The minimum atomic E-state index is 0.582. The summed E-state index contributed by atoms with van der Waals surface area (Å²) >= 11 is 0. The maximum atomic E-state index is 4.78. The molecule has 0 aliphatic rings. The van der Waals surface area contributed by atoms with Crippen LogP contribution in [-0.4, -0.2) is 39.2 Å². The van der Waals surface area contributed by atoms with Gasteiger partial charge in [-0.25, -0.2) is 14.7 Å². The van der Waals surface area contributed by atoms with Crippen LogP contribution in [0.25, 0.3) is 5.82 Å². The molecule has 0 amide bonds. The summed E-state index contributed by atoms with van der Waals surface area (Å²) in [6, 6.07) is 16.3. The van der Waals surface area contributed by atoms with Gasteiger partial charge in [0, 0.05) is 38.7 Å². The van der Waals surface area contributed by atoms with E-state index < -0.39 is 0 Å². The first-order chi connectivity index (χ1) is 12.8. The first kappa shape index (κ1) is 17.7. The number of nitrogens with zero attached hydrogens (tertiary/aromatic N) is 5. The highest BCUT2D eigenvalue weighted by molar-refractivity contribution is 5.79. The molecule has 0 bridgehead atoms. The van der Waals surface area contributed by atoms with E-state index in [9.17, 15) is 0 Å². The number of hydrogen-bond donors (Lipinski definition) is 1. The molecule has 6 nitrogen and oxygen atoms in total. The predicted octanol–water partition coefficient (Wildman–Crippen LogP) is 2.86. The minimum Gasteiger partial charge on any atom is -0.357 e. The largest absolute Gasteiger partial charge is 0.357 e. The van der Waals surface area contributed by atoms with Crippen LogP contribution < -0.4 is 5.32 Å². The fraction of sp³-hybridized carbons (Fsp3) is 0.250. The Kier molecular flexibility index (Phi) is 5.98. The lowest BCUT2D eigenvalue weighted by Gasteiger charge is -2.22. The Morgan fingerprint density at radius 1 is 1.12 bits per heavy atom. The van der Waals surface area contributed by atoms with Crippen LogP contribution in [0.1, 0.15) is 18.1 Å². The van der Waals surface area contributed by atoms with Crippen LogP contribution in [0.5, 0.6) is 0 Å². The first-order valence-electron chi connectivity index (χ1n) is 8.74. The van der Waals surface area contributed by atoms with Crippen LogP contribution in [0.15, 0.2) is 72.1 Å². The Morgan fingerprint density at radius 2 is 1.96 bits per heavy atom. The molecule has 0 aliphatic carbocycles. The Labute approximate surface area is 154 Å². The number of hydrogen-bond acceptors (Lipinski definition) is 3. The van der Waals surface area contributed by atoms with Gasteiger partial charge in [0.1, 0.15) is 0 Å². The molecule has 1 aromatic carbocycles. The van der Waals surface area contributed by atoms with Crippen molar-refractivity contribution in [3.8, 4) is 5.82 Å². The SMILES string of the molecule is CCNC(=NCc1ccnc(-n2cccn2)c1)N(C)Cc1ccccc1. The minimum absolute atomic E-state index is 0.582. The monoisotopic (exact) mass is 348 g/mol. The van der Waals surface area contributed by atoms with E-state index in [4.69, 9.17) is 4.99 Å². The maximum Gasteiger partial charge on any atom is 0.194 e. The van der Waals surface area contributed by atoms with E-state index in [2.05, 4.69) is 58.5 Å². The lowest BCUT2D eigenvalue weighted by molar-refractivity contribution is 0.477. The van der Waals surface area contributed by atoms with E-state index in [1.807, 2.05) is 30.5 Å². The number of benzene rings is 1. The molecule has 0 aliphatic heterocycles. The van der Waals surface area contributed by atoms with Gasteiger partial charge in [0.05, 0.1) is 6.54 Å². The second kappa shape index (κ2) is 8.80. The normalized spacial score (nSPS) is 11.4. The number of nitrogens with one attached hydrogen (secondary N) is 1. The molecule has 2 aromatic heterocycles. The highest BCUT2D eigenvalue weighted by Crippen LogP contribution is 2.08. The topological polar surface area (TPSA) is 58.3 Å². The van der Waals surface area contributed by atoms with Gasteiger partial charge in [-0.2, -0.15) is 5.10 Å². The van der Waals surface area contributed by atoms with Crippen LogP contribution in [0.3, 0.4) is 0 Å². The molecule has 6 heteroatoms. The molecule has 0 atom stereocenters. The second-order valence-electron chi connectivity index (χ2n) is 5.98. The average Bonchev–Trinajstić information content (AvgIpc) is 3.21. The molecular weight excluding hydrogens is 324 g/mol. The quantitative estimate of drug-likeness (QED) is 0.550. The Hall–Kier alpha value is -3.15. The summed E-state index contributed by atoms with van der Waals surface area (Å²) in [7, 11) is 2.05. The predicted molar refractivity (Wildman–Crippen MR) is 104 cm³/mol. The van der Waals surface area contributed by atoms with Gasteiger partial charge in [-0.3, -0.25) is 0 Å². The number of aromatic nitrogens is 3. The number of aliphatic imine (C=N–C) groups is 1. The van der Waals surface area contributed by atoms with Gasteiger partial charge >= 0.3 is 0 Å². The van der Waals surface area contributed by atoms with E-state index >= 15 is 0 Å². The summed E-state index contributed by atoms with van der Waals surface area (Å²) in [6.07, 6.45) is 5.42. The molecular formula is C20H24N6. The molecule has 2 heterocycles. The zero-order valence-electron chi connectivity index (χ0n) is 15.2.